The van der Waals surface area contributed by atoms with Crippen molar-refractivity contribution in [2.24, 2.45) is 0 Å². The molecule has 0 aliphatic rings. The molecule has 0 unspecified atom stereocenters. The number of aromatic nitrogens is 2. The first-order valence-corrected chi connectivity index (χ1v) is 6.68. The average molecular weight is 292 g/mol. The van der Waals surface area contributed by atoms with Gasteiger partial charge in [0.05, 0.1) is 12.8 Å². The second kappa shape index (κ2) is 5.32. The smallest absolute Gasteiger partial charge is 0.136 e. The number of rotatable bonds is 2. The van der Waals surface area contributed by atoms with E-state index in [-0.39, 0.29) is 11.2 Å². The molecule has 2 aromatic rings. The van der Waals surface area contributed by atoms with Crippen molar-refractivity contribution >= 4 is 12.2 Å². The van der Waals surface area contributed by atoms with Gasteiger partial charge in [-0.25, -0.2) is 9.37 Å². The lowest BCUT2D eigenvalue weighted by Crippen LogP contribution is -2.16. The molecule has 0 saturated carbocycles. The van der Waals surface area contributed by atoms with Crippen molar-refractivity contribution in [3.05, 3.63) is 40.5 Å². The summed E-state index contributed by atoms with van der Waals surface area (Å²) in [7, 11) is 1.51. The summed E-state index contributed by atoms with van der Waals surface area (Å²) in [6.45, 7) is 6.07. The molecule has 1 heterocycles. The van der Waals surface area contributed by atoms with Crippen LogP contribution in [0.25, 0.3) is 11.3 Å². The maximum absolute atomic E-state index is 14.1. The van der Waals surface area contributed by atoms with E-state index < -0.39 is 0 Å². The summed E-state index contributed by atoms with van der Waals surface area (Å²) in [6.07, 6.45) is 0. The molecule has 0 aliphatic heterocycles. The SMILES string of the molecule is COc1ccc(-c2cc(=S)nc(C(C)(C)C)[nH]2)c(F)c1. The predicted molar refractivity (Wildman–Crippen MR) is 80.1 cm³/mol. The first-order valence-electron chi connectivity index (χ1n) is 6.27. The van der Waals surface area contributed by atoms with Crippen LogP contribution in [-0.2, 0) is 5.41 Å². The van der Waals surface area contributed by atoms with Gasteiger partial charge in [0.25, 0.3) is 0 Å². The Hall–Kier alpha value is -1.75. The van der Waals surface area contributed by atoms with Gasteiger partial charge in [-0.3, -0.25) is 0 Å². The number of ether oxygens (including phenoxy) is 1. The predicted octanol–water partition coefficient (Wildman–Crippen LogP) is 4.25. The van der Waals surface area contributed by atoms with Gasteiger partial charge in [0, 0.05) is 17.0 Å². The van der Waals surface area contributed by atoms with Gasteiger partial charge in [-0.1, -0.05) is 33.0 Å². The maximum Gasteiger partial charge on any atom is 0.136 e. The third kappa shape index (κ3) is 3.04. The Balaban J connectivity index is 2.59. The van der Waals surface area contributed by atoms with E-state index in [1.165, 1.54) is 13.2 Å². The lowest BCUT2D eigenvalue weighted by Gasteiger charge is -2.18. The molecule has 1 N–H and O–H groups in total. The molecule has 0 saturated heterocycles. The Morgan fingerprint density at radius 1 is 1.25 bits per heavy atom. The number of H-pyrrole nitrogens is 1. The standard InChI is InChI=1S/C15H17FN2OS/c1-15(2,3)14-17-12(8-13(20)18-14)10-6-5-9(19-4)7-11(10)16/h5-8H,1-4H3,(H,17,18,20). The molecular formula is C15H17FN2OS. The molecule has 20 heavy (non-hydrogen) atoms. The second-order valence-corrected chi connectivity index (χ2v) is 6.00. The molecule has 0 bridgehead atoms. The zero-order valence-electron chi connectivity index (χ0n) is 12.0. The molecule has 0 spiro atoms. The molecule has 0 atom stereocenters. The largest absolute Gasteiger partial charge is 0.497 e. The van der Waals surface area contributed by atoms with E-state index in [0.717, 1.165) is 5.82 Å². The van der Waals surface area contributed by atoms with Crippen molar-refractivity contribution in [2.75, 3.05) is 7.11 Å². The monoisotopic (exact) mass is 292 g/mol. The molecule has 1 aromatic heterocycles. The highest BCUT2D eigenvalue weighted by Crippen LogP contribution is 2.27. The zero-order valence-corrected chi connectivity index (χ0v) is 12.8. The van der Waals surface area contributed by atoms with Crippen LogP contribution in [-0.4, -0.2) is 17.1 Å². The van der Waals surface area contributed by atoms with Gasteiger partial charge in [-0.2, -0.15) is 0 Å². The third-order valence-electron chi connectivity index (χ3n) is 2.92. The number of halogens is 1. The van der Waals surface area contributed by atoms with Crippen molar-refractivity contribution in [3.8, 4) is 17.0 Å². The van der Waals surface area contributed by atoms with E-state index in [1.54, 1.807) is 18.2 Å². The highest BCUT2D eigenvalue weighted by atomic mass is 32.1. The first kappa shape index (κ1) is 14.7. The number of nitrogens with one attached hydrogen (secondary N) is 1. The fourth-order valence-corrected chi connectivity index (χ4v) is 2.01. The molecule has 0 radical (unpaired) electrons. The van der Waals surface area contributed by atoms with E-state index in [0.29, 0.717) is 21.6 Å². The quantitative estimate of drug-likeness (QED) is 0.841. The van der Waals surface area contributed by atoms with Crippen molar-refractivity contribution in [1.29, 1.82) is 0 Å². The van der Waals surface area contributed by atoms with Gasteiger partial charge in [-0.05, 0) is 18.2 Å². The van der Waals surface area contributed by atoms with Gasteiger partial charge in [-0.15, -0.1) is 0 Å². The fraction of sp³-hybridized carbons (Fsp3) is 0.333. The third-order valence-corrected chi connectivity index (χ3v) is 3.13. The van der Waals surface area contributed by atoms with Crippen LogP contribution in [0.3, 0.4) is 0 Å². The summed E-state index contributed by atoms with van der Waals surface area (Å²) in [4.78, 5) is 7.47. The normalized spacial score (nSPS) is 11.4. The van der Waals surface area contributed by atoms with Crippen molar-refractivity contribution < 1.29 is 9.13 Å². The lowest BCUT2D eigenvalue weighted by molar-refractivity contribution is 0.411. The fourth-order valence-electron chi connectivity index (χ4n) is 1.80. The number of hydrogen-bond donors (Lipinski definition) is 1. The zero-order chi connectivity index (χ0) is 14.9. The van der Waals surface area contributed by atoms with Crippen LogP contribution in [0.1, 0.15) is 26.6 Å². The molecule has 5 heteroatoms. The minimum Gasteiger partial charge on any atom is -0.497 e. The van der Waals surface area contributed by atoms with Gasteiger partial charge >= 0.3 is 0 Å². The van der Waals surface area contributed by atoms with Crippen LogP contribution >= 0.6 is 12.2 Å². The summed E-state index contributed by atoms with van der Waals surface area (Å²) in [5.74, 6) is 0.853. The van der Waals surface area contributed by atoms with Crippen molar-refractivity contribution in [1.82, 2.24) is 9.97 Å². The van der Waals surface area contributed by atoms with Crippen LogP contribution in [0.4, 0.5) is 4.39 Å². The molecule has 3 nitrogen and oxygen atoms in total. The van der Waals surface area contributed by atoms with E-state index in [9.17, 15) is 4.39 Å². The van der Waals surface area contributed by atoms with E-state index >= 15 is 0 Å². The average Bonchev–Trinajstić information content (AvgIpc) is 2.36. The summed E-state index contributed by atoms with van der Waals surface area (Å²) in [5, 5.41) is 0. The van der Waals surface area contributed by atoms with E-state index in [2.05, 4.69) is 9.97 Å². The molecule has 106 valence electrons. The van der Waals surface area contributed by atoms with Gasteiger partial charge < -0.3 is 9.72 Å². The maximum atomic E-state index is 14.1. The van der Waals surface area contributed by atoms with Gasteiger partial charge in [0.2, 0.25) is 0 Å². The Bertz CT molecular complexity index is 689. The highest BCUT2D eigenvalue weighted by molar-refractivity contribution is 7.71. The van der Waals surface area contributed by atoms with Crippen LogP contribution in [0.2, 0.25) is 0 Å². The Labute approximate surface area is 122 Å². The second-order valence-electron chi connectivity index (χ2n) is 5.58. The number of aromatic amines is 1. The van der Waals surface area contributed by atoms with Crippen molar-refractivity contribution in [3.63, 3.8) is 0 Å². The van der Waals surface area contributed by atoms with Gasteiger partial charge in [0.15, 0.2) is 0 Å². The van der Waals surface area contributed by atoms with Gasteiger partial charge in [0.1, 0.15) is 22.0 Å². The van der Waals surface area contributed by atoms with Crippen LogP contribution in [0.5, 0.6) is 5.75 Å². The molecule has 0 aliphatic carbocycles. The molecule has 1 aromatic carbocycles. The number of nitrogens with zero attached hydrogens (tertiary/aromatic N) is 1. The van der Waals surface area contributed by atoms with Crippen LogP contribution in [0, 0.1) is 10.5 Å². The summed E-state index contributed by atoms with van der Waals surface area (Å²) >= 11 is 5.17. The van der Waals surface area contributed by atoms with E-state index in [1.807, 2.05) is 20.8 Å². The van der Waals surface area contributed by atoms with Crippen molar-refractivity contribution in [2.45, 2.75) is 26.2 Å². The topological polar surface area (TPSA) is 37.9 Å². The molecular weight excluding hydrogens is 275 g/mol. The number of benzene rings is 1. The molecule has 2 rings (SSSR count). The lowest BCUT2D eigenvalue weighted by atomic mass is 9.95. The summed E-state index contributed by atoms with van der Waals surface area (Å²) in [5.41, 5.74) is 0.881. The molecule has 0 fully saturated rings. The molecule has 0 amide bonds. The Kier molecular flexibility index (Phi) is 3.90. The minimum absolute atomic E-state index is 0.188. The summed E-state index contributed by atoms with van der Waals surface area (Å²) in [6, 6.07) is 6.40. The highest BCUT2D eigenvalue weighted by Gasteiger charge is 2.18. The Morgan fingerprint density at radius 3 is 2.50 bits per heavy atom. The minimum atomic E-state index is -0.360. The van der Waals surface area contributed by atoms with Crippen LogP contribution in [0.15, 0.2) is 24.3 Å². The Morgan fingerprint density at radius 2 is 1.95 bits per heavy atom. The number of methoxy groups -OCH3 is 1. The van der Waals surface area contributed by atoms with E-state index in [4.69, 9.17) is 17.0 Å². The first-order chi connectivity index (χ1) is 9.31. The van der Waals surface area contributed by atoms with Crippen LogP contribution < -0.4 is 4.74 Å². The number of hydrogen-bond acceptors (Lipinski definition) is 3. The summed E-state index contributed by atoms with van der Waals surface area (Å²) < 4.78 is 19.6.